The van der Waals surface area contributed by atoms with Crippen LogP contribution in [0.25, 0.3) is 0 Å². The van der Waals surface area contributed by atoms with Gasteiger partial charge in [-0.3, -0.25) is 19.3 Å². The van der Waals surface area contributed by atoms with Crippen molar-refractivity contribution in [3.8, 4) is 0 Å². The number of amides is 3. The van der Waals surface area contributed by atoms with E-state index in [0.29, 0.717) is 31.9 Å². The fraction of sp³-hybridized carbons (Fsp3) is 0.562. The molecule has 0 atom stereocenters. The summed E-state index contributed by atoms with van der Waals surface area (Å²) in [7, 11) is 0. The Balaban J connectivity index is 1.68. The number of hydrogen-bond acceptors (Lipinski definition) is 5. The number of carbonyl (C=O) groups excluding carboxylic acids is 3. The quantitative estimate of drug-likeness (QED) is 0.742. The molecule has 1 aromatic heterocycles. The molecule has 132 valence electrons. The van der Waals surface area contributed by atoms with E-state index in [9.17, 15) is 14.4 Å². The molecule has 1 aliphatic rings. The third kappa shape index (κ3) is 5.38. The largest absolute Gasteiger partial charge is 0.459 e. The average Bonchev–Trinajstić information content (AvgIpc) is 3.07. The zero-order valence-corrected chi connectivity index (χ0v) is 14.1. The highest BCUT2D eigenvalue weighted by Crippen LogP contribution is 2.09. The molecule has 1 saturated heterocycles. The predicted octanol–water partition coefficient (Wildman–Crippen LogP) is -0.322. The lowest BCUT2D eigenvalue weighted by Crippen LogP contribution is -2.51. The van der Waals surface area contributed by atoms with Crippen LogP contribution in [0.15, 0.2) is 22.8 Å². The molecule has 2 N–H and O–H groups in total. The van der Waals surface area contributed by atoms with Crippen molar-refractivity contribution in [2.45, 2.75) is 19.9 Å². The zero-order chi connectivity index (χ0) is 17.5. The summed E-state index contributed by atoms with van der Waals surface area (Å²) < 4.78 is 5.11. The van der Waals surface area contributed by atoms with Crippen molar-refractivity contribution in [1.82, 2.24) is 20.4 Å². The molecule has 2 rings (SSSR count). The van der Waals surface area contributed by atoms with Crippen LogP contribution < -0.4 is 10.6 Å². The Morgan fingerprint density at radius 1 is 1.17 bits per heavy atom. The van der Waals surface area contributed by atoms with Crippen LogP contribution in [0.1, 0.15) is 24.4 Å². The van der Waals surface area contributed by atoms with Gasteiger partial charge in [0.05, 0.1) is 19.4 Å². The second-order valence-corrected chi connectivity index (χ2v) is 6.04. The van der Waals surface area contributed by atoms with Gasteiger partial charge in [0.2, 0.25) is 11.8 Å². The minimum Gasteiger partial charge on any atom is -0.459 e. The Labute approximate surface area is 141 Å². The smallest absolute Gasteiger partial charge is 0.289 e. The number of nitrogens with one attached hydrogen (secondary N) is 2. The van der Waals surface area contributed by atoms with E-state index in [1.807, 2.05) is 18.7 Å². The van der Waals surface area contributed by atoms with Crippen LogP contribution in [0, 0.1) is 0 Å². The highest BCUT2D eigenvalue weighted by molar-refractivity contribution is 5.91. The fourth-order valence-corrected chi connectivity index (χ4v) is 2.48. The molecular formula is C16H24N4O4. The summed E-state index contributed by atoms with van der Waals surface area (Å²) in [6.45, 7) is 6.23. The van der Waals surface area contributed by atoms with Gasteiger partial charge in [0.25, 0.3) is 5.91 Å². The standard InChI is InChI=1S/C16H24N4O4/c1-12(2)18-14(21)10-17-15(22)11-19-5-7-20(8-6-19)16(23)13-4-3-9-24-13/h3-4,9,12H,5-8,10-11H2,1-2H3,(H,17,22)(H,18,21). The molecule has 0 saturated carbocycles. The maximum Gasteiger partial charge on any atom is 0.289 e. The summed E-state index contributed by atoms with van der Waals surface area (Å²) in [5, 5.41) is 5.32. The first-order chi connectivity index (χ1) is 11.5. The lowest BCUT2D eigenvalue weighted by atomic mass is 10.3. The first-order valence-corrected chi connectivity index (χ1v) is 8.07. The molecule has 2 heterocycles. The number of furan rings is 1. The first kappa shape index (κ1) is 18.0. The molecule has 0 radical (unpaired) electrons. The van der Waals surface area contributed by atoms with E-state index < -0.39 is 0 Å². The van der Waals surface area contributed by atoms with Gasteiger partial charge in [0.1, 0.15) is 0 Å². The molecule has 1 fully saturated rings. The van der Waals surface area contributed by atoms with Crippen molar-refractivity contribution >= 4 is 17.7 Å². The minimum atomic E-state index is -0.202. The third-order valence-corrected chi connectivity index (χ3v) is 3.65. The van der Waals surface area contributed by atoms with Gasteiger partial charge in [-0.15, -0.1) is 0 Å². The monoisotopic (exact) mass is 336 g/mol. The molecule has 0 bridgehead atoms. The number of rotatable bonds is 6. The van der Waals surface area contributed by atoms with E-state index >= 15 is 0 Å². The van der Waals surface area contributed by atoms with E-state index in [1.54, 1.807) is 17.0 Å². The van der Waals surface area contributed by atoms with Gasteiger partial charge in [0, 0.05) is 32.2 Å². The molecule has 3 amide bonds. The van der Waals surface area contributed by atoms with E-state index in [2.05, 4.69) is 10.6 Å². The van der Waals surface area contributed by atoms with Crippen molar-refractivity contribution in [3.63, 3.8) is 0 Å². The number of piperazine rings is 1. The van der Waals surface area contributed by atoms with Gasteiger partial charge in [0.15, 0.2) is 5.76 Å². The topological polar surface area (TPSA) is 94.9 Å². The zero-order valence-electron chi connectivity index (χ0n) is 14.1. The SMILES string of the molecule is CC(C)NC(=O)CNC(=O)CN1CCN(C(=O)c2ccco2)CC1. The normalized spacial score (nSPS) is 15.4. The van der Waals surface area contributed by atoms with Gasteiger partial charge < -0.3 is 20.0 Å². The Morgan fingerprint density at radius 2 is 1.88 bits per heavy atom. The van der Waals surface area contributed by atoms with Crippen molar-refractivity contribution < 1.29 is 18.8 Å². The molecule has 24 heavy (non-hydrogen) atoms. The van der Waals surface area contributed by atoms with Crippen molar-refractivity contribution in [3.05, 3.63) is 24.2 Å². The molecule has 0 aliphatic carbocycles. The average molecular weight is 336 g/mol. The van der Waals surface area contributed by atoms with E-state index in [0.717, 1.165) is 0 Å². The van der Waals surface area contributed by atoms with E-state index in [-0.39, 0.29) is 36.9 Å². The highest BCUT2D eigenvalue weighted by atomic mass is 16.3. The van der Waals surface area contributed by atoms with Crippen LogP contribution in [0.5, 0.6) is 0 Å². The van der Waals surface area contributed by atoms with E-state index in [4.69, 9.17) is 4.42 Å². The summed E-state index contributed by atoms with van der Waals surface area (Å²) in [5.74, 6) is -0.196. The Hall–Kier alpha value is -2.35. The maximum atomic E-state index is 12.1. The molecule has 8 heteroatoms. The van der Waals surface area contributed by atoms with Crippen molar-refractivity contribution in [2.75, 3.05) is 39.3 Å². The minimum absolute atomic E-state index is 0.0199. The highest BCUT2D eigenvalue weighted by Gasteiger charge is 2.24. The Kier molecular flexibility index (Phi) is 6.36. The Bertz CT molecular complexity index is 563. The van der Waals surface area contributed by atoms with E-state index in [1.165, 1.54) is 6.26 Å². The van der Waals surface area contributed by atoms with Crippen LogP contribution in [0.3, 0.4) is 0 Å². The van der Waals surface area contributed by atoms with Crippen molar-refractivity contribution in [2.24, 2.45) is 0 Å². The molecule has 0 aromatic carbocycles. The molecule has 1 aliphatic heterocycles. The predicted molar refractivity (Wildman–Crippen MR) is 87.3 cm³/mol. The summed E-state index contributed by atoms with van der Waals surface area (Å²) in [5.41, 5.74) is 0. The molecule has 0 unspecified atom stereocenters. The van der Waals surface area contributed by atoms with Gasteiger partial charge in [-0.2, -0.15) is 0 Å². The van der Waals surface area contributed by atoms with Crippen LogP contribution in [-0.2, 0) is 9.59 Å². The molecule has 8 nitrogen and oxygen atoms in total. The Morgan fingerprint density at radius 3 is 2.46 bits per heavy atom. The number of nitrogens with zero attached hydrogens (tertiary/aromatic N) is 2. The van der Waals surface area contributed by atoms with Crippen LogP contribution in [0.2, 0.25) is 0 Å². The van der Waals surface area contributed by atoms with Crippen LogP contribution in [-0.4, -0.2) is 72.8 Å². The second kappa shape index (κ2) is 8.49. The van der Waals surface area contributed by atoms with Crippen molar-refractivity contribution in [1.29, 1.82) is 0 Å². The lowest BCUT2D eigenvalue weighted by molar-refractivity contribution is -0.127. The van der Waals surface area contributed by atoms with Crippen LogP contribution >= 0.6 is 0 Å². The number of hydrogen-bond donors (Lipinski definition) is 2. The molecule has 1 aromatic rings. The van der Waals surface area contributed by atoms with Gasteiger partial charge >= 0.3 is 0 Å². The van der Waals surface area contributed by atoms with Gasteiger partial charge in [-0.25, -0.2) is 0 Å². The van der Waals surface area contributed by atoms with Gasteiger partial charge in [-0.1, -0.05) is 0 Å². The summed E-state index contributed by atoms with van der Waals surface area (Å²) in [6.07, 6.45) is 1.48. The lowest BCUT2D eigenvalue weighted by Gasteiger charge is -2.33. The maximum absolute atomic E-state index is 12.1. The third-order valence-electron chi connectivity index (χ3n) is 3.65. The first-order valence-electron chi connectivity index (χ1n) is 8.07. The van der Waals surface area contributed by atoms with Gasteiger partial charge in [-0.05, 0) is 26.0 Å². The fourth-order valence-electron chi connectivity index (χ4n) is 2.48. The second-order valence-electron chi connectivity index (χ2n) is 6.04. The summed E-state index contributed by atoms with van der Waals surface area (Å²) in [6, 6.07) is 3.38. The molecular weight excluding hydrogens is 312 g/mol. The number of carbonyl (C=O) groups is 3. The summed E-state index contributed by atoms with van der Waals surface area (Å²) in [4.78, 5) is 39.2. The summed E-state index contributed by atoms with van der Waals surface area (Å²) >= 11 is 0. The van der Waals surface area contributed by atoms with Crippen LogP contribution in [0.4, 0.5) is 0 Å². The molecule has 0 spiro atoms.